The van der Waals surface area contributed by atoms with Crippen molar-refractivity contribution in [2.24, 2.45) is 4.99 Å². The lowest BCUT2D eigenvalue weighted by Gasteiger charge is -2.13. The zero-order valence-corrected chi connectivity index (χ0v) is 15.6. The Morgan fingerprint density at radius 2 is 1.85 bits per heavy atom. The van der Waals surface area contributed by atoms with Crippen molar-refractivity contribution in [3.05, 3.63) is 72.8 Å². The van der Waals surface area contributed by atoms with Crippen LogP contribution in [0.25, 0.3) is 0 Å². The van der Waals surface area contributed by atoms with E-state index in [1.807, 2.05) is 61.5 Å². The molecule has 0 bridgehead atoms. The van der Waals surface area contributed by atoms with Crippen LogP contribution in [0.15, 0.2) is 72.2 Å². The van der Waals surface area contributed by atoms with Crippen LogP contribution in [-0.4, -0.2) is 31.6 Å². The molecule has 0 saturated heterocycles. The van der Waals surface area contributed by atoms with Crippen LogP contribution in [0.5, 0.6) is 5.75 Å². The number of hydrogen-bond donors (Lipinski definition) is 3. The first-order chi connectivity index (χ1) is 13.2. The SMILES string of the molecule is C=CCOc1ccccc1CN=C(NCC)NCC(=O)Nc1ccccc1. The van der Waals surface area contributed by atoms with E-state index in [-0.39, 0.29) is 12.5 Å². The van der Waals surface area contributed by atoms with Crippen LogP contribution < -0.4 is 20.7 Å². The number of amides is 1. The quantitative estimate of drug-likeness (QED) is 0.362. The van der Waals surface area contributed by atoms with Crippen LogP contribution in [0.2, 0.25) is 0 Å². The second-order valence-corrected chi connectivity index (χ2v) is 5.67. The number of nitrogens with zero attached hydrogens (tertiary/aromatic N) is 1. The van der Waals surface area contributed by atoms with Gasteiger partial charge in [0.05, 0.1) is 13.1 Å². The summed E-state index contributed by atoms with van der Waals surface area (Å²) in [5, 5.41) is 9.01. The summed E-state index contributed by atoms with van der Waals surface area (Å²) in [6.45, 7) is 7.33. The highest BCUT2D eigenvalue weighted by Crippen LogP contribution is 2.18. The molecule has 6 heteroatoms. The van der Waals surface area contributed by atoms with Gasteiger partial charge in [-0.15, -0.1) is 0 Å². The van der Waals surface area contributed by atoms with Crippen molar-refractivity contribution in [1.29, 1.82) is 0 Å². The van der Waals surface area contributed by atoms with E-state index in [1.54, 1.807) is 6.08 Å². The highest BCUT2D eigenvalue weighted by Gasteiger charge is 2.06. The van der Waals surface area contributed by atoms with Crippen LogP contribution in [0.1, 0.15) is 12.5 Å². The molecule has 0 aliphatic carbocycles. The number of anilines is 1. The number of benzene rings is 2. The molecule has 6 nitrogen and oxygen atoms in total. The molecule has 0 heterocycles. The maximum atomic E-state index is 12.1. The number of rotatable bonds is 9. The van der Waals surface area contributed by atoms with Gasteiger partial charge in [0.2, 0.25) is 5.91 Å². The summed E-state index contributed by atoms with van der Waals surface area (Å²) in [4.78, 5) is 16.6. The van der Waals surface area contributed by atoms with Gasteiger partial charge >= 0.3 is 0 Å². The highest BCUT2D eigenvalue weighted by molar-refractivity contribution is 5.94. The van der Waals surface area contributed by atoms with Crippen molar-refractivity contribution < 1.29 is 9.53 Å². The molecule has 27 heavy (non-hydrogen) atoms. The number of para-hydroxylation sites is 2. The van der Waals surface area contributed by atoms with E-state index in [1.165, 1.54) is 0 Å². The Labute approximate surface area is 160 Å². The minimum atomic E-state index is -0.137. The monoisotopic (exact) mass is 366 g/mol. The molecule has 2 rings (SSSR count). The number of hydrogen-bond acceptors (Lipinski definition) is 3. The maximum absolute atomic E-state index is 12.1. The fourth-order valence-corrected chi connectivity index (χ4v) is 2.32. The predicted molar refractivity (Wildman–Crippen MR) is 110 cm³/mol. The lowest BCUT2D eigenvalue weighted by atomic mass is 10.2. The van der Waals surface area contributed by atoms with E-state index in [0.29, 0.717) is 25.7 Å². The van der Waals surface area contributed by atoms with E-state index < -0.39 is 0 Å². The Hall–Kier alpha value is -3.28. The van der Waals surface area contributed by atoms with E-state index in [4.69, 9.17) is 4.74 Å². The van der Waals surface area contributed by atoms with Gasteiger partial charge in [0, 0.05) is 17.8 Å². The molecule has 2 aromatic carbocycles. The Balaban J connectivity index is 1.94. The van der Waals surface area contributed by atoms with Crippen LogP contribution >= 0.6 is 0 Å². The maximum Gasteiger partial charge on any atom is 0.243 e. The number of carbonyl (C=O) groups is 1. The largest absolute Gasteiger partial charge is 0.489 e. The Morgan fingerprint density at radius 3 is 2.59 bits per heavy atom. The smallest absolute Gasteiger partial charge is 0.243 e. The standard InChI is InChI=1S/C21H26N4O2/c1-3-14-27-19-13-9-8-10-17(19)15-23-21(22-4-2)24-16-20(26)25-18-11-6-5-7-12-18/h3,5-13H,1,4,14-16H2,2H3,(H,25,26)(H2,22,23,24). The predicted octanol–water partition coefficient (Wildman–Crippen LogP) is 2.95. The van der Waals surface area contributed by atoms with Crippen molar-refractivity contribution in [3.63, 3.8) is 0 Å². The van der Waals surface area contributed by atoms with Gasteiger partial charge in [-0.05, 0) is 25.1 Å². The third-order valence-corrected chi connectivity index (χ3v) is 3.55. The van der Waals surface area contributed by atoms with Gasteiger partial charge in [-0.3, -0.25) is 4.79 Å². The van der Waals surface area contributed by atoms with E-state index >= 15 is 0 Å². The zero-order valence-electron chi connectivity index (χ0n) is 15.6. The molecular formula is C21H26N4O2. The summed E-state index contributed by atoms with van der Waals surface area (Å²) in [6.07, 6.45) is 1.71. The average Bonchev–Trinajstić information content (AvgIpc) is 2.70. The molecule has 0 aromatic heterocycles. The molecule has 0 aliphatic heterocycles. The molecule has 0 aliphatic rings. The summed E-state index contributed by atoms with van der Waals surface area (Å²) in [6, 6.07) is 17.1. The van der Waals surface area contributed by atoms with E-state index in [9.17, 15) is 4.79 Å². The first-order valence-corrected chi connectivity index (χ1v) is 8.91. The van der Waals surface area contributed by atoms with Gasteiger partial charge in [-0.1, -0.05) is 49.1 Å². The molecule has 0 atom stereocenters. The second-order valence-electron chi connectivity index (χ2n) is 5.67. The molecule has 0 unspecified atom stereocenters. The van der Waals surface area contributed by atoms with Crippen molar-refractivity contribution in [3.8, 4) is 5.75 Å². The zero-order chi connectivity index (χ0) is 19.3. The van der Waals surface area contributed by atoms with E-state index in [0.717, 1.165) is 17.0 Å². The molecule has 2 aromatic rings. The molecule has 142 valence electrons. The lowest BCUT2D eigenvalue weighted by Crippen LogP contribution is -2.41. The van der Waals surface area contributed by atoms with Gasteiger partial charge in [0.25, 0.3) is 0 Å². The lowest BCUT2D eigenvalue weighted by molar-refractivity contribution is -0.115. The summed E-state index contributed by atoms with van der Waals surface area (Å²) in [5.74, 6) is 1.21. The molecule has 1 amide bonds. The van der Waals surface area contributed by atoms with Crippen LogP contribution in [0, 0.1) is 0 Å². The number of carbonyl (C=O) groups excluding carboxylic acids is 1. The van der Waals surface area contributed by atoms with Gasteiger partial charge in [-0.2, -0.15) is 0 Å². The molecule has 0 saturated carbocycles. The van der Waals surface area contributed by atoms with Crippen LogP contribution in [-0.2, 0) is 11.3 Å². The molecule has 3 N–H and O–H groups in total. The van der Waals surface area contributed by atoms with Crippen LogP contribution in [0.3, 0.4) is 0 Å². The minimum absolute atomic E-state index is 0.120. The first-order valence-electron chi connectivity index (χ1n) is 8.91. The topological polar surface area (TPSA) is 74.8 Å². The number of aliphatic imine (C=N–C) groups is 1. The Kier molecular flexibility index (Phi) is 8.43. The summed E-state index contributed by atoms with van der Waals surface area (Å²) in [7, 11) is 0. The summed E-state index contributed by atoms with van der Waals surface area (Å²) in [5.41, 5.74) is 1.73. The van der Waals surface area contributed by atoms with Gasteiger partial charge in [-0.25, -0.2) is 4.99 Å². The molecule has 0 radical (unpaired) electrons. The van der Waals surface area contributed by atoms with Gasteiger partial charge in [0.1, 0.15) is 12.4 Å². The third-order valence-electron chi connectivity index (χ3n) is 3.55. The molecule has 0 spiro atoms. The van der Waals surface area contributed by atoms with Crippen molar-refractivity contribution >= 4 is 17.6 Å². The van der Waals surface area contributed by atoms with Crippen molar-refractivity contribution in [2.75, 3.05) is 25.0 Å². The molecule has 0 fully saturated rings. The van der Waals surface area contributed by atoms with Gasteiger partial charge in [0.15, 0.2) is 5.96 Å². The number of nitrogens with one attached hydrogen (secondary N) is 3. The summed E-state index contributed by atoms with van der Waals surface area (Å²) >= 11 is 0. The second kappa shape index (κ2) is 11.4. The van der Waals surface area contributed by atoms with E-state index in [2.05, 4.69) is 27.5 Å². The minimum Gasteiger partial charge on any atom is -0.489 e. The highest BCUT2D eigenvalue weighted by atomic mass is 16.5. The number of guanidine groups is 1. The number of ether oxygens (including phenoxy) is 1. The van der Waals surface area contributed by atoms with Crippen molar-refractivity contribution in [1.82, 2.24) is 10.6 Å². The average molecular weight is 366 g/mol. The van der Waals surface area contributed by atoms with Gasteiger partial charge < -0.3 is 20.7 Å². The fraction of sp³-hybridized carbons (Fsp3) is 0.238. The fourth-order valence-electron chi connectivity index (χ4n) is 2.32. The van der Waals surface area contributed by atoms with Crippen molar-refractivity contribution in [2.45, 2.75) is 13.5 Å². The van der Waals surface area contributed by atoms with Crippen LogP contribution in [0.4, 0.5) is 5.69 Å². The Bertz CT molecular complexity index is 760. The Morgan fingerprint density at radius 1 is 1.11 bits per heavy atom. The first kappa shape index (κ1) is 20.0. The normalized spacial score (nSPS) is 10.8. The summed E-state index contributed by atoms with van der Waals surface area (Å²) < 4.78 is 5.65. The third kappa shape index (κ3) is 7.23. The molecular weight excluding hydrogens is 340 g/mol.